The van der Waals surface area contributed by atoms with Crippen molar-refractivity contribution in [3.63, 3.8) is 0 Å². The summed E-state index contributed by atoms with van der Waals surface area (Å²) in [4.78, 5) is 0. The van der Waals surface area contributed by atoms with Gasteiger partial charge in [0.2, 0.25) is 0 Å². The summed E-state index contributed by atoms with van der Waals surface area (Å²) in [5.41, 5.74) is 18.2. The Morgan fingerprint density at radius 2 is 0.553 bits per heavy atom. The van der Waals surface area contributed by atoms with Crippen LogP contribution < -0.4 is 0 Å². The predicted molar refractivity (Wildman–Crippen MR) is 161 cm³/mol. The van der Waals surface area contributed by atoms with Crippen molar-refractivity contribution in [1.29, 1.82) is 0 Å². The second-order valence-electron chi connectivity index (χ2n) is 12.1. The first-order valence-electron chi connectivity index (χ1n) is 15.3. The maximum absolute atomic E-state index is 2.50. The number of aryl methyl sites for hydroxylation is 4. The fourth-order valence-corrected chi connectivity index (χ4v) is 7.28. The number of benzene rings is 4. The average Bonchev–Trinajstić information content (AvgIpc) is 3.48. The summed E-state index contributed by atoms with van der Waals surface area (Å²) in [6.45, 7) is 0. The van der Waals surface area contributed by atoms with E-state index in [9.17, 15) is 0 Å². The highest BCUT2D eigenvalue weighted by Gasteiger charge is 2.20. The van der Waals surface area contributed by atoms with Crippen LogP contribution in [0.2, 0.25) is 0 Å². The van der Waals surface area contributed by atoms with Gasteiger partial charge in [-0.3, -0.25) is 0 Å². The van der Waals surface area contributed by atoms with Crippen LogP contribution in [0.4, 0.5) is 0 Å². The molecule has 0 heteroatoms. The maximum Gasteiger partial charge on any atom is -0.00133 e. The van der Waals surface area contributed by atoms with Crippen LogP contribution in [-0.4, -0.2) is 0 Å². The minimum atomic E-state index is 1.12. The Balaban J connectivity index is 1.07. The van der Waals surface area contributed by atoms with E-state index in [2.05, 4.69) is 72.8 Å². The van der Waals surface area contributed by atoms with Gasteiger partial charge in [-0.1, -0.05) is 98.5 Å². The third kappa shape index (κ3) is 4.86. The second-order valence-corrected chi connectivity index (χ2v) is 12.1. The quantitative estimate of drug-likeness (QED) is 0.196. The SMILES string of the molecule is c1cc2c3cc1CCCCCCc1ccc4c(c1)Cc1cc(ccc1-4)CCCCCCc1ccc-2c(c1)C3. The monoisotopic (exact) mass is 496 g/mol. The van der Waals surface area contributed by atoms with Gasteiger partial charge < -0.3 is 0 Å². The molecule has 0 aliphatic heterocycles. The second kappa shape index (κ2) is 10.6. The number of rotatable bonds is 0. The van der Waals surface area contributed by atoms with Crippen molar-refractivity contribution in [2.75, 3.05) is 0 Å². The van der Waals surface area contributed by atoms with Crippen LogP contribution in [0.5, 0.6) is 0 Å². The Labute approximate surface area is 229 Å². The first kappa shape index (κ1) is 24.0. The van der Waals surface area contributed by atoms with E-state index in [0.717, 1.165) is 12.8 Å². The smallest absolute Gasteiger partial charge is 0.00133 e. The summed E-state index contributed by atoms with van der Waals surface area (Å²) in [6, 6.07) is 29.2. The van der Waals surface area contributed by atoms with Gasteiger partial charge in [0.1, 0.15) is 0 Å². The van der Waals surface area contributed by atoms with Crippen LogP contribution in [-0.2, 0) is 38.5 Å². The third-order valence-corrected chi connectivity index (χ3v) is 9.38. The summed E-state index contributed by atoms with van der Waals surface area (Å²) < 4.78 is 0. The molecule has 4 aromatic carbocycles. The molecule has 0 radical (unpaired) electrons. The Kier molecular flexibility index (Phi) is 6.66. The molecule has 4 aromatic rings. The van der Waals surface area contributed by atoms with Crippen molar-refractivity contribution in [2.45, 2.75) is 89.9 Å². The predicted octanol–water partition coefficient (Wildman–Crippen LogP) is 9.83. The minimum Gasteiger partial charge on any atom is -0.0584 e. The van der Waals surface area contributed by atoms with Crippen molar-refractivity contribution < 1.29 is 0 Å². The molecule has 0 nitrogen and oxygen atoms in total. The summed E-state index contributed by atoms with van der Waals surface area (Å²) >= 11 is 0. The van der Waals surface area contributed by atoms with Crippen LogP contribution in [0.15, 0.2) is 72.8 Å². The van der Waals surface area contributed by atoms with Gasteiger partial charge in [0.05, 0.1) is 0 Å². The zero-order valence-electron chi connectivity index (χ0n) is 22.8. The number of hydrogen-bond acceptors (Lipinski definition) is 0. The molecule has 192 valence electrons. The zero-order valence-corrected chi connectivity index (χ0v) is 22.8. The van der Waals surface area contributed by atoms with Gasteiger partial charge in [0.15, 0.2) is 0 Å². The lowest BCUT2D eigenvalue weighted by molar-refractivity contribution is 0.640. The van der Waals surface area contributed by atoms with E-state index in [4.69, 9.17) is 0 Å². The van der Waals surface area contributed by atoms with Crippen LogP contribution in [0.25, 0.3) is 22.3 Å². The lowest BCUT2D eigenvalue weighted by atomic mass is 9.97. The third-order valence-electron chi connectivity index (χ3n) is 9.38. The molecule has 0 spiro atoms. The van der Waals surface area contributed by atoms with Crippen molar-refractivity contribution in [3.8, 4) is 22.3 Å². The molecule has 38 heavy (non-hydrogen) atoms. The van der Waals surface area contributed by atoms with Gasteiger partial charge >= 0.3 is 0 Å². The van der Waals surface area contributed by atoms with Crippen LogP contribution in [0, 0.1) is 0 Å². The van der Waals surface area contributed by atoms with Crippen LogP contribution >= 0.6 is 0 Å². The molecule has 0 aromatic heterocycles. The molecule has 7 rings (SSSR count). The van der Waals surface area contributed by atoms with Crippen molar-refractivity contribution in [3.05, 3.63) is 117 Å². The minimum absolute atomic E-state index is 1.12. The molecular weight excluding hydrogens is 456 g/mol. The van der Waals surface area contributed by atoms with Crippen molar-refractivity contribution >= 4 is 0 Å². The molecule has 8 bridgehead atoms. The first-order valence-corrected chi connectivity index (χ1v) is 15.3. The summed E-state index contributed by atoms with van der Waals surface area (Å²) in [5.74, 6) is 0. The fraction of sp³-hybridized carbons (Fsp3) is 0.368. The van der Waals surface area contributed by atoms with E-state index < -0.39 is 0 Å². The highest BCUT2D eigenvalue weighted by Crippen LogP contribution is 2.39. The number of hydrogen-bond donors (Lipinski definition) is 0. The van der Waals surface area contributed by atoms with Gasteiger partial charge in [-0.25, -0.2) is 0 Å². The Bertz CT molecular complexity index is 1250. The molecule has 0 N–H and O–H groups in total. The molecule has 0 saturated heterocycles. The van der Waals surface area contributed by atoms with Gasteiger partial charge in [0, 0.05) is 0 Å². The molecular formula is C38H40. The summed E-state index contributed by atoms with van der Waals surface area (Å²) in [7, 11) is 0. The topological polar surface area (TPSA) is 0 Å². The van der Waals surface area contributed by atoms with Crippen LogP contribution in [0.1, 0.15) is 95.9 Å². The van der Waals surface area contributed by atoms with E-state index in [1.807, 2.05) is 0 Å². The Morgan fingerprint density at radius 3 is 0.816 bits per heavy atom. The first-order chi connectivity index (χ1) is 18.8. The number of fused-ring (bicyclic) bond motifs is 6. The summed E-state index contributed by atoms with van der Waals surface area (Å²) in [5, 5.41) is 0. The van der Waals surface area contributed by atoms with Gasteiger partial charge in [-0.15, -0.1) is 0 Å². The molecule has 0 heterocycles. The Hall–Kier alpha value is -3.12. The largest absolute Gasteiger partial charge is 0.0584 e. The highest BCUT2D eigenvalue weighted by molar-refractivity contribution is 5.78. The molecule has 0 saturated carbocycles. The van der Waals surface area contributed by atoms with Crippen molar-refractivity contribution in [2.24, 2.45) is 0 Å². The standard InChI is InChI=1S/C38H40/c1-2-6-10-28-14-18-36-32(22-28)26-34-24-30(16-20-38(34)36)12-8-4-3-7-11-29-15-19-37-33(23-29)25-31-21-27(9-5-1)13-17-35(31)37/h13-24H,1-12,25-26H2. The van der Waals surface area contributed by atoms with Gasteiger partial charge in [-0.2, -0.15) is 0 Å². The van der Waals surface area contributed by atoms with E-state index in [1.165, 1.54) is 122 Å². The van der Waals surface area contributed by atoms with E-state index in [-0.39, 0.29) is 0 Å². The lowest BCUT2D eigenvalue weighted by Gasteiger charge is -2.08. The molecule has 0 unspecified atom stereocenters. The average molecular weight is 497 g/mol. The van der Waals surface area contributed by atoms with Crippen LogP contribution in [0.3, 0.4) is 0 Å². The van der Waals surface area contributed by atoms with Crippen molar-refractivity contribution in [1.82, 2.24) is 0 Å². The molecule has 0 fully saturated rings. The fourth-order valence-electron chi connectivity index (χ4n) is 7.28. The van der Waals surface area contributed by atoms with Gasteiger partial charge in [-0.05, 0) is 131 Å². The molecule has 0 amide bonds. The molecule has 3 aliphatic rings. The maximum atomic E-state index is 2.50. The lowest BCUT2D eigenvalue weighted by Crippen LogP contribution is -1.92. The van der Waals surface area contributed by atoms with E-state index in [1.54, 1.807) is 22.3 Å². The van der Waals surface area contributed by atoms with E-state index >= 15 is 0 Å². The van der Waals surface area contributed by atoms with Gasteiger partial charge in [0.25, 0.3) is 0 Å². The normalized spacial score (nSPS) is 17.1. The highest BCUT2D eigenvalue weighted by atomic mass is 14.2. The van der Waals surface area contributed by atoms with E-state index in [0.29, 0.717) is 0 Å². The molecule has 3 aliphatic carbocycles. The molecule has 0 atom stereocenters. The zero-order chi connectivity index (χ0) is 25.3. The summed E-state index contributed by atoms with van der Waals surface area (Å²) in [6.07, 6.45) is 17.6. The Morgan fingerprint density at radius 1 is 0.289 bits per heavy atom.